The Morgan fingerprint density at radius 1 is 1.21 bits per heavy atom. The summed E-state index contributed by atoms with van der Waals surface area (Å²) in [5, 5.41) is 3.59. The predicted molar refractivity (Wildman–Crippen MR) is 60.4 cm³/mol. The van der Waals surface area contributed by atoms with Crippen LogP contribution in [0.3, 0.4) is 0 Å². The average Bonchev–Trinajstić information content (AvgIpc) is 2.86. The molecule has 3 atom stereocenters. The highest BCUT2D eigenvalue weighted by Gasteiger charge is 2.29. The second kappa shape index (κ2) is 4.19. The first kappa shape index (κ1) is 10.4. The lowest BCUT2D eigenvalue weighted by molar-refractivity contribution is 0.123. The molecule has 1 aliphatic heterocycles. The van der Waals surface area contributed by atoms with Crippen molar-refractivity contribution in [2.75, 3.05) is 13.1 Å². The van der Waals surface area contributed by atoms with Gasteiger partial charge < -0.3 is 5.32 Å². The normalized spacial score (nSPS) is 37.1. The van der Waals surface area contributed by atoms with Crippen molar-refractivity contribution in [2.45, 2.75) is 58.2 Å². The van der Waals surface area contributed by atoms with Crippen molar-refractivity contribution >= 4 is 0 Å². The number of hydrogen-bond acceptors (Lipinski definition) is 2. The molecule has 0 bridgehead atoms. The Morgan fingerprint density at radius 3 is 2.29 bits per heavy atom. The molecule has 1 heterocycles. The van der Waals surface area contributed by atoms with Gasteiger partial charge in [0.05, 0.1) is 0 Å². The van der Waals surface area contributed by atoms with Gasteiger partial charge in [0, 0.05) is 31.2 Å². The minimum absolute atomic E-state index is 0.667. The van der Waals surface area contributed by atoms with E-state index in [2.05, 4.69) is 31.0 Å². The van der Waals surface area contributed by atoms with Gasteiger partial charge in [-0.1, -0.05) is 12.8 Å². The van der Waals surface area contributed by atoms with Gasteiger partial charge in [-0.05, 0) is 33.1 Å². The molecule has 1 saturated carbocycles. The Hall–Kier alpha value is -0.0800. The van der Waals surface area contributed by atoms with Gasteiger partial charge in [0.15, 0.2) is 0 Å². The van der Waals surface area contributed by atoms with E-state index in [9.17, 15) is 0 Å². The summed E-state index contributed by atoms with van der Waals surface area (Å²) in [5.74, 6) is 1.06. The molecular weight excluding hydrogens is 172 g/mol. The lowest BCUT2D eigenvalue weighted by Gasteiger charge is -2.39. The Labute approximate surface area is 88.1 Å². The molecule has 2 aliphatic rings. The number of piperazine rings is 1. The van der Waals surface area contributed by atoms with Crippen LogP contribution in [-0.4, -0.2) is 36.1 Å². The molecule has 2 nitrogen and oxygen atoms in total. The lowest BCUT2D eigenvalue weighted by atomic mass is 10.1. The van der Waals surface area contributed by atoms with Gasteiger partial charge >= 0.3 is 0 Å². The monoisotopic (exact) mass is 196 g/mol. The smallest absolute Gasteiger partial charge is 0.0169 e. The van der Waals surface area contributed by atoms with Gasteiger partial charge in [0.1, 0.15) is 0 Å². The van der Waals surface area contributed by atoms with Crippen LogP contribution < -0.4 is 5.32 Å². The summed E-state index contributed by atoms with van der Waals surface area (Å²) in [4.78, 5) is 2.67. The minimum atomic E-state index is 0.667. The molecule has 0 amide bonds. The molecule has 0 aromatic carbocycles. The fraction of sp³-hybridized carbons (Fsp3) is 1.00. The van der Waals surface area contributed by atoms with Crippen LogP contribution in [0.2, 0.25) is 0 Å². The number of rotatable bonds is 3. The third kappa shape index (κ3) is 2.71. The van der Waals surface area contributed by atoms with E-state index in [1.165, 1.54) is 32.4 Å². The van der Waals surface area contributed by atoms with E-state index in [1.54, 1.807) is 0 Å². The van der Waals surface area contributed by atoms with Gasteiger partial charge in [0.25, 0.3) is 0 Å². The Bertz CT molecular complexity index is 179. The summed E-state index contributed by atoms with van der Waals surface area (Å²) < 4.78 is 0. The molecule has 1 N–H and O–H groups in total. The van der Waals surface area contributed by atoms with Crippen LogP contribution in [0.25, 0.3) is 0 Å². The lowest BCUT2D eigenvalue weighted by Crippen LogP contribution is -2.56. The molecule has 2 heteroatoms. The zero-order valence-corrected chi connectivity index (χ0v) is 9.79. The number of nitrogens with one attached hydrogen (secondary N) is 1. The van der Waals surface area contributed by atoms with Crippen LogP contribution in [0.5, 0.6) is 0 Å². The molecule has 2 rings (SSSR count). The maximum absolute atomic E-state index is 3.59. The quantitative estimate of drug-likeness (QED) is 0.741. The maximum Gasteiger partial charge on any atom is 0.0169 e. The van der Waals surface area contributed by atoms with Crippen molar-refractivity contribution in [3.63, 3.8) is 0 Å². The first-order valence-electron chi connectivity index (χ1n) is 6.15. The van der Waals surface area contributed by atoms with Gasteiger partial charge in [0.2, 0.25) is 0 Å². The number of hydrogen-bond donors (Lipinski definition) is 1. The molecule has 1 aliphatic carbocycles. The Morgan fingerprint density at radius 2 is 1.79 bits per heavy atom. The fourth-order valence-electron chi connectivity index (χ4n) is 2.71. The molecule has 1 unspecified atom stereocenters. The van der Waals surface area contributed by atoms with Crippen molar-refractivity contribution in [3.8, 4) is 0 Å². The first-order valence-corrected chi connectivity index (χ1v) is 6.15. The highest BCUT2D eigenvalue weighted by atomic mass is 15.2. The summed E-state index contributed by atoms with van der Waals surface area (Å²) >= 11 is 0. The predicted octanol–water partition coefficient (Wildman–Crippen LogP) is 1.86. The maximum atomic E-state index is 3.59. The van der Waals surface area contributed by atoms with E-state index in [0.717, 1.165) is 12.0 Å². The van der Waals surface area contributed by atoms with Crippen LogP contribution >= 0.6 is 0 Å². The average molecular weight is 196 g/mol. The molecular formula is C12H24N2. The second-order valence-corrected chi connectivity index (χ2v) is 5.45. The van der Waals surface area contributed by atoms with E-state index < -0.39 is 0 Å². The molecule has 82 valence electrons. The van der Waals surface area contributed by atoms with Crippen molar-refractivity contribution in [1.82, 2.24) is 10.2 Å². The van der Waals surface area contributed by atoms with Gasteiger partial charge in [-0.2, -0.15) is 0 Å². The largest absolute Gasteiger partial charge is 0.309 e. The topological polar surface area (TPSA) is 15.3 Å². The summed E-state index contributed by atoms with van der Waals surface area (Å²) in [5.41, 5.74) is 0. The van der Waals surface area contributed by atoms with Crippen molar-refractivity contribution in [3.05, 3.63) is 0 Å². The zero-order valence-electron chi connectivity index (χ0n) is 9.79. The van der Waals surface area contributed by atoms with Crippen LogP contribution in [0.15, 0.2) is 0 Å². The summed E-state index contributed by atoms with van der Waals surface area (Å²) in [6.45, 7) is 9.47. The Balaban J connectivity index is 1.81. The highest BCUT2D eigenvalue weighted by molar-refractivity contribution is 4.86. The van der Waals surface area contributed by atoms with Crippen molar-refractivity contribution < 1.29 is 0 Å². The SMILES string of the molecule is CC(CC1CC1)N1C[C@@H](C)N[C@@H](C)C1. The third-order valence-corrected chi connectivity index (χ3v) is 3.58. The summed E-state index contributed by atoms with van der Waals surface area (Å²) in [6, 6.07) is 2.13. The zero-order chi connectivity index (χ0) is 10.1. The number of nitrogens with zero attached hydrogens (tertiary/aromatic N) is 1. The van der Waals surface area contributed by atoms with Crippen LogP contribution in [-0.2, 0) is 0 Å². The molecule has 1 saturated heterocycles. The molecule has 0 radical (unpaired) electrons. The first-order chi connectivity index (χ1) is 6.65. The minimum Gasteiger partial charge on any atom is -0.309 e. The Kier molecular flexibility index (Phi) is 3.13. The molecule has 14 heavy (non-hydrogen) atoms. The highest BCUT2D eigenvalue weighted by Crippen LogP contribution is 2.34. The van der Waals surface area contributed by atoms with E-state index in [0.29, 0.717) is 12.1 Å². The van der Waals surface area contributed by atoms with Crippen LogP contribution in [0.1, 0.15) is 40.0 Å². The summed E-state index contributed by atoms with van der Waals surface area (Å²) in [6.07, 6.45) is 4.41. The van der Waals surface area contributed by atoms with E-state index in [-0.39, 0.29) is 0 Å². The molecule has 0 aromatic heterocycles. The van der Waals surface area contributed by atoms with E-state index >= 15 is 0 Å². The fourth-order valence-corrected chi connectivity index (χ4v) is 2.71. The van der Waals surface area contributed by atoms with E-state index in [1.807, 2.05) is 0 Å². The van der Waals surface area contributed by atoms with Crippen LogP contribution in [0.4, 0.5) is 0 Å². The standard InChI is InChI=1S/C12H24N2/c1-9-7-14(8-10(2)13-9)11(3)6-12-4-5-12/h9-13H,4-8H2,1-3H3/t9-,10+,11?. The summed E-state index contributed by atoms with van der Waals surface area (Å²) in [7, 11) is 0. The van der Waals surface area contributed by atoms with Crippen molar-refractivity contribution in [2.24, 2.45) is 5.92 Å². The van der Waals surface area contributed by atoms with Crippen LogP contribution in [0, 0.1) is 5.92 Å². The van der Waals surface area contributed by atoms with E-state index in [4.69, 9.17) is 0 Å². The molecule has 2 fully saturated rings. The third-order valence-electron chi connectivity index (χ3n) is 3.58. The molecule has 0 spiro atoms. The van der Waals surface area contributed by atoms with Gasteiger partial charge in [-0.3, -0.25) is 4.90 Å². The van der Waals surface area contributed by atoms with Gasteiger partial charge in [-0.15, -0.1) is 0 Å². The van der Waals surface area contributed by atoms with Crippen molar-refractivity contribution in [1.29, 1.82) is 0 Å². The van der Waals surface area contributed by atoms with Gasteiger partial charge in [-0.25, -0.2) is 0 Å². The second-order valence-electron chi connectivity index (χ2n) is 5.45. The molecule has 0 aromatic rings.